The Bertz CT molecular complexity index is 1120. The lowest BCUT2D eigenvalue weighted by Crippen LogP contribution is -2.04. The number of rotatable bonds is 7. The summed E-state index contributed by atoms with van der Waals surface area (Å²) in [6.07, 6.45) is 2.85. The highest BCUT2D eigenvalue weighted by Crippen LogP contribution is 2.34. The number of benzene rings is 2. The molecule has 0 saturated carbocycles. The van der Waals surface area contributed by atoms with Crippen molar-refractivity contribution < 1.29 is 4.79 Å². The van der Waals surface area contributed by atoms with Gasteiger partial charge in [-0.25, -0.2) is 4.98 Å². The number of carbonyl (C=O) groups is 1. The zero-order valence-electron chi connectivity index (χ0n) is 16.7. The molecule has 1 N–H and O–H groups in total. The molecule has 0 saturated heterocycles. The second-order valence-corrected chi connectivity index (χ2v) is 8.41. The third-order valence-electron chi connectivity index (χ3n) is 5.28. The smallest absolute Gasteiger partial charge is 0.195 e. The average molecular weight is 401 g/mol. The van der Waals surface area contributed by atoms with E-state index in [1.54, 1.807) is 11.8 Å². The maximum Gasteiger partial charge on any atom is 0.195 e. The molecule has 2 heterocycles. The SMILES string of the molecule is Cc1[nH]c2cccc(C(C)CCSc3ccccn3)c2c1C(=O)c1ccccc1. The first-order valence-electron chi connectivity index (χ1n) is 9.90. The van der Waals surface area contributed by atoms with Gasteiger partial charge in [-0.2, -0.15) is 0 Å². The Kier molecular flexibility index (Phi) is 5.81. The average Bonchev–Trinajstić information content (AvgIpc) is 3.10. The van der Waals surface area contributed by atoms with Crippen molar-refractivity contribution in [2.24, 2.45) is 0 Å². The Balaban J connectivity index is 1.63. The van der Waals surface area contributed by atoms with E-state index in [9.17, 15) is 4.79 Å². The zero-order valence-corrected chi connectivity index (χ0v) is 17.5. The quantitative estimate of drug-likeness (QED) is 0.289. The lowest BCUT2D eigenvalue weighted by atomic mass is 9.91. The molecule has 4 aromatic rings. The molecule has 0 bridgehead atoms. The monoisotopic (exact) mass is 400 g/mol. The van der Waals surface area contributed by atoms with Crippen LogP contribution >= 0.6 is 11.8 Å². The summed E-state index contributed by atoms with van der Waals surface area (Å²) in [5, 5.41) is 2.12. The maximum atomic E-state index is 13.3. The molecule has 3 nitrogen and oxygen atoms in total. The zero-order chi connectivity index (χ0) is 20.2. The number of carbonyl (C=O) groups excluding carboxylic acids is 1. The van der Waals surface area contributed by atoms with Crippen molar-refractivity contribution in [1.82, 2.24) is 9.97 Å². The molecule has 146 valence electrons. The highest BCUT2D eigenvalue weighted by atomic mass is 32.2. The Labute approximate surface area is 175 Å². The van der Waals surface area contributed by atoms with Gasteiger partial charge in [0.1, 0.15) is 0 Å². The van der Waals surface area contributed by atoms with Crippen LogP contribution < -0.4 is 0 Å². The molecule has 29 heavy (non-hydrogen) atoms. The fourth-order valence-electron chi connectivity index (χ4n) is 3.76. The Morgan fingerprint density at radius 1 is 1.03 bits per heavy atom. The van der Waals surface area contributed by atoms with Crippen molar-refractivity contribution in [2.75, 3.05) is 5.75 Å². The van der Waals surface area contributed by atoms with E-state index in [1.165, 1.54) is 5.56 Å². The van der Waals surface area contributed by atoms with Crippen molar-refractivity contribution >= 4 is 28.4 Å². The van der Waals surface area contributed by atoms with Gasteiger partial charge < -0.3 is 4.98 Å². The van der Waals surface area contributed by atoms with Crippen molar-refractivity contribution in [3.05, 3.63) is 95.3 Å². The third-order valence-corrected chi connectivity index (χ3v) is 6.25. The highest BCUT2D eigenvalue weighted by molar-refractivity contribution is 7.99. The number of aromatic nitrogens is 2. The summed E-state index contributed by atoms with van der Waals surface area (Å²) in [4.78, 5) is 21.1. The lowest BCUT2D eigenvalue weighted by Gasteiger charge is -2.14. The number of thioether (sulfide) groups is 1. The minimum absolute atomic E-state index is 0.0804. The molecule has 0 fully saturated rings. The van der Waals surface area contributed by atoms with E-state index in [-0.39, 0.29) is 5.78 Å². The van der Waals surface area contributed by atoms with Crippen LogP contribution in [-0.4, -0.2) is 21.5 Å². The van der Waals surface area contributed by atoms with E-state index in [4.69, 9.17) is 0 Å². The van der Waals surface area contributed by atoms with Gasteiger partial charge in [0.05, 0.1) is 10.6 Å². The molecule has 0 aliphatic rings. The van der Waals surface area contributed by atoms with Crippen molar-refractivity contribution in [1.29, 1.82) is 0 Å². The fraction of sp³-hybridized carbons (Fsp3) is 0.200. The number of pyridine rings is 1. The summed E-state index contributed by atoms with van der Waals surface area (Å²) in [7, 11) is 0. The van der Waals surface area contributed by atoms with Gasteiger partial charge in [-0.15, -0.1) is 11.8 Å². The molecular formula is C25H24N2OS. The van der Waals surface area contributed by atoms with Crippen LogP contribution in [0, 0.1) is 6.92 Å². The molecule has 2 aromatic heterocycles. The summed E-state index contributed by atoms with van der Waals surface area (Å²) in [5.41, 5.74) is 4.71. The van der Waals surface area contributed by atoms with Crippen LogP contribution in [0.4, 0.5) is 0 Å². The van der Waals surface area contributed by atoms with Gasteiger partial charge in [0.25, 0.3) is 0 Å². The van der Waals surface area contributed by atoms with Crippen LogP contribution in [0.25, 0.3) is 10.9 Å². The summed E-state index contributed by atoms with van der Waals surface area (Å²) in [5.74, 6) is 1.41. The van der Waals surface area contributed by atoms with E-state index >= 15 is 0 Å². The molecule has 0 aliphatic heterocycles. The molecule has 4 heteroatoms. The molecule has 1 atom stereocenters. The Hall–Kier alpha value is -2.85. The number of fused-ring (bicyclic) bond motifs is 1. The van der Waals surface area contributed by atoms with Gasteiger partial charge >= 0.3 is 0 Å². The van der Waals surface area contributed by atoms with E-state index in [1.807, 2.05) is 61.7 Å². The second-order valence-electron chi connectivity index (χ2n) is 7.30. The highest BCUT2D eigenvalue weighted by Gasteiger charge is 2.21. The number of H-pyrrole nitrogens is 1. The number of aromatic amines is 1. The third kappa shape index (κ3) is 4.13. The van der Waals surface area contributed by atoms with Crippen LogP contribution in [0.2, 0.25) is 0 Å². The van der Waals surface area contributed by atoms with Crippen LogP contribution in [0.5, 0.6) is 0 Å². The molecule has 0 aliphatic carbocycles. The number of aryl methyl sites for hydroxylation is 1. The molecule has 4 rings (SSSR count). The normalized spacial score (nSPS) is 12.2. The predicted octanol–water partition coefficient (Wildman–Crippen LogP) is 6.39. The van der Waals surface area contributed by atoms with Gasteiger partial charge in [0, 0.05) is 34.1 Å². The molecule has 1 unspecified atom stereocenters. The lowest BCUT2D eigenvalue weighted by molar-refractivity contribution is 0.103. The van der Waals surface area contributed by atoms with Gasteiger partial charge in [-0.05, 0) is 43.0 Å². The van der Waals surface area contributed by atoms with Gasteiger partial charge in [0.15, 0.2) is 5.78 Å². The van der Waals surface area contributed by atoms with Crippen molar-refractivity contribution in [3.8, 4) is 0 Å². The number of hydrogen-bond donors (Lipinski definition) is 1. The molecule has 2 aromatic carbocycles. The molecular weight excluding hydrogens is 376 g/mol. The van der Waals surface area contributed by atoms with Crippen molar-refractivity contribution in [3.63, 3.8) is 0 Å². The first-order chi connectivity index (χ1) is 14.1. The molecule has 0 amide bonds. The number of ketones is 1. The summed E-state index contributed by atoms with van der Waals surface area (Å²) in [6, 6.07) is 21.8. The largest absolute Gasteiger partial charge is 0.358 e. The van der Waals surface area contributed by atoms with E-state index in [2.05, 4.69) is 35.1 Å². The van der Waals surface area contributed by atoms with Crippen molar-refractivity contribution in [2.45, 2.75) is 31.2 Å². The van der Waals surface area contributed by atoms with Gasteiger partial charge in [-0.1, -0.05) is 55.5 Å². The van der Waals surface area contributed by atoms with Crippen LogP contribution in [0.3, 0.4) is 0 Å². The first kappa shape index (κ1) is 19.5. The molecule has 0 radical (unpaired) electrons. The maximum absolute atomic E-state index is 13.3. The van der Waals surface area contributed by atoms with Crippen LogP contribution in [0.15, 0.2) is 78.0 Å². The summed E-state index contributed by atoms with van der Waals surface area (Å²) in [6.45, 7) is 4.23. The number of hydrogen-bond acceptors (Lipinski definition) is 3. The van der Waals surface area contributed by atoms with E-state index in [0.717, 1.165) is 44.9 Å². The predicted molar refractivity (Wildman–Crippen MR) is 121 cm³/mol. The topological polar surface area (TPSA) is 45.8 Å². The van der Waals surface area contributed by atoms with E-state index < -0.39 is 0 Å². The van der Waals surface area contributed by atoms with Crippen LogP contribution in [0.1, 0.15) is 46.4 Å². The van der Waals surface area contributed by atoms with E-state index in [0.29, 0.717) is 5.92 Å². The number of nitrogens with one attached hydrogen (secondary N) is 1. The van der Waals surface area contributed by atoms with Crippen LogP contribution in [-0.2, 0) is 0 Å². The van der Waals surface area contributed by atoms with Gasteiger partial charge in [-0.3, -0.25) is 4.79 Å². The minimum atomic E-state index is 0.0804. The fourth-order valence-corrected chi connectivity index (χ4v) is 4.75. The Morgan fingerprint density at radius 2 is 1.83 bits per heavy atom. The summed E-state index contributed by atoms with van der Waals surface area (Å²) < 4.78 is 0. The Morgan fingerprint density at radius 3 is 2.59 bits per heavy atom. The number of nitrogens with zero attached hydrogens (tertiary/aromatic N) is 1. The minimum Gasteiger partial charge on any atom is -0.358 e. The standard InChI is InChI=1S/C25H24N2OS/c1-17(14-16-29-22-13-6-7-15-26-22)20-11-8-12-21-24(20)23(18(2)27-21)25(28)19-9-4-3-5-10-19/h3-13,15,17,27H,14,16H2,1-2H3. The first-order valence-corrected chi connectivity index (χ1v) is 10.9. The van der Waals surface area contributed by atoms with Gasteiger partial charge in [0.2, 0.25) is 0 Å². The molecule has 0 spiro atoms. The summed E-state index contributed by atoms with van der Waals surface area (Å²) >= 11 is 1.78. The second kappa shape index (κ2) is 8.66.